The van der Waals surface area contributed by atoms with E-state index in [1.807, 2.05) is 13.8 Å². The molecule has 0 aliphatic heterocycles. The Kier molecular flexibility index (Phi) is 6.70. The lowest BCUT2D eigenvalue weighted by atomic mass is 10.1. The Hall–Kier alpha value is -0.620. The molecule has 0 aromatic rings. The molecule has 6 heteroatoms. The van der Waals surface area contributed by atoms with Crippen molar-refractivity contribution in [1.82, 2.24) is 10.6 Å². The Bertz CT molecular complexity index is 337. The van der Waals surface area contributed by atoms with Crippen LogP contribution in [0, 0.1) is 5.92 Å². The Morgan fingerprint density at radius 1 is 1.18 bits per heavy atom. The van der Waals surface area contributed by atoms with Gasteiger partial charge in [0.1, 0.15) is 5.75 Å². The zero-order chi connectivity index (χ0) is 13.6. The van der Waals surface area contributed by atoms with Crippen molar-refractivity contribution >= 4 is 15.7 Å². The summed E-state index contributed by atoms with van der Waals surface area (Å²) in [7, 11) is -1.63. The van der Waals surface area contributed by atoms with Crippen molar-refractivity contribution in [3.05, 3.63) is 0 Å². The van der Waals surface area contributed by atoms with Gasteiger partial charge in [0.15, 0.2) is 9.84 Å². The van der Waals surface area contributed by atoms with Crippen LogP contribution in [0.4, 0.5) is 0 Å². The van der Waals surface area contributed by atoms with E-state index in [0.29, 0.717) is 0 Å². The second kappa shape index (κ2) is 6.96. The van der Waals surface area contributed by atoms with Gasteiger partial charge in [0.2, 0.25) is 5.91 Å². The highest BCUT2D eigenvalue weighted by molar-refractivity contribution is 7.92. The monoisotopic (exact) mass is 264 g/mol. The lowest BCUT2D eigenvalue weighted by molar-refractivity contribution is -0.119. The molecule has 0 saturated carbocycles. The minimum absolute atomic E-state index is 0.00726. The Balaban J connectivity index is 4.43. The van der Waals surface area contributed by atoms with Crippen molar-refractivity contribution in [2.75, 3.05) is 18.6 Å². The van der Waals surface area contributed by atoms with Crippen LogP contribution in [0.5, 0.6) is 0 Å². The number of sulfone groups is 1. The molecule has 2 N–H and O–H groups in total. The van der Waals surface area contributed by atoms with E-state index in [1.165, 1.54) is 0 Å². The summed E-state index contributed by atoms with van der Waals surface area (Å²) in [5.41, 5.74) is 0. The predicted molar refractivity (Wildman–Crippen MR) is 69.6 cm³/mol. The fourth-order valence-electron chi connectivity index (χ4n) is 1.50. The maximum atomic E-state index is 11.8. The van der Waals surface area contributed by atoms with Gasteiger partial charge in [-0.05, 0) is 26.8 Å². The smallest absolute Gasteiger partial charge is 0.235 e. The molecule has 0 spiro atoms. The maximum Gasteiger partial charge on any atom is 0.235 e. The fraction of sp³-hybridized carbons (Fsp3) is 0.909. The Labute approximate surface area is 104 Å². The van der Waals surface area contributed by atoms with Crippen molar-refractivity contribution in [2.24, 2.45) is 5.92 Å². The molecular weight excluding hydrogens is 240 g/mol. The van der Waals surface area contributed by atoms with Crippen LogP contribution in [0.1, 0.15) is 27.7 Å². The van der Waals surface area contributed by atoms with Crippen LogP contribution >= 0.6 is 0 Å². The molecule has 0 aromatic heterocycles. The standard InChI is InChI=1S/C11H24N2O3S/c1-8(2)10(12-5)6-17(15,16)7-11(14)13-9(3)4/h8-10,12H,6-7H2,1-5H3,(H,13,14). The Morgan fingerprint density at radius 3 is 2.06 bits per heavy atom. The van der Waals surface area contributed by atoms with Crippen molar-refractivity contribution in [3.8, 4) is 0 Å². The van der Waals surface area contributed by atoms with E-state index in [1.54, 1.807) is 20.9 Å². The van der Waals surface area contributed by atoms with E-state index in [4.69, 9.17) is 0 Å². The molecule has 5 nitrogen and oxygen atoms in total. The molecular formula is C11H24N2O3S. The zero-order valence-electron chi connectivity index (χ0n) is 11.3. The summed E-state index contributed by atoms with van der Waals surface area (Å²) in [4.78, 5) is 11.4. The number of amides is 1. The third-order valence-electron chi connectivity index (χ3n) is 2.41. The van der Waals surface area contributed by atoms with Gasteiger partial charge >= 0.3 is 0 Å². The first-order valence-electron chi connectivity index (χ1n) is 5.85. The van der Waals surface area contributed by atoms with Gasteiger partial charge in [-0.15, -0.1) is 0 Å². The average Bonchev–Trinajstić information content (AvgIpc) is 2.11. The molecule has 0 aliphatic rings. The van der Waals surface area contributed by atoms with E-state index in [9.17, 15) is 13.2 Å². The summed E-state index contributed by atoms with van der Waals surface area (Å²) in [5.74, 6) is -0.662. The molecule has 0 saturated heterocycles. The van der Waals surface area contributed by atoms with Crippen molar-refractivity contribution in [2.45, 2.75) is 39.8 Å². The minimum atomic E-state index is -3.36. The summed E-state index contributed by atoms with van der Waals surface area (Å²) in [5, 5.41) is 5.54. The second-order valence-electron chi connectivity index (χ2n) is 4.92. The third kappa shape index (κ3) is 7.33. The van der Waals surface area contributed by atoms with Crippen LogP contribution in [0.15, 0.2) is 0 Å². The highest BCUT2D eigenvalue weighted by atomic mass is 32.2. The molecule has 0 heterocycles. The quantitative estimate of drug-likeness (QED) is 0.687. The second-order valence-corrected chi connectivity index (χ2v) is 7.03. The molecule has 0 bridgehead atoms. The number of carbonyl (C=O) groups excluding carboxylic acids is 1. The van der Waals surface area contributed by atoms with Crippen LogP contribution < -0.4 is 10.6 Å². The number of hydrogen-bond donors (Lipinski definition) is 2. The van der Waals surface area contributed by atoms with Gasteiger partial charge in [-0.1, -0.05) is 13.8 Å². The van der Waals surface area contributed by atoms with Crippen LogP contribution in [-0.4, -0.2) is 45.0 Å². The van der Waals surface area contributed by atoms with Crippen LogP contribution in [0.2, 0.25) is 0 Å². The van der Waals surface area contributed by atoms with E-state index in [2.05, 4.69) is 10.6 Å². The third-order valence-corrected chi connectivity index (χ3v) is 3.98. The van der Waals surface area contributed by atoms with Gasteiger partial charge in [0.25, 0.3) is 0 Å². The van der Waals surface area contributed by atoms with E-state index in [0.717, 1.165) is 0 Å². The van der Waals surface area contributed by atoms with E-state index in [-0.39, 0.29) is 23.8 Å². The topological polar surface area (TPSA) is 75.3 Å². The van der Waals surface area contributed by atoms with Gasteiger partial charge in [0, 0.05) is 12.1 Å². The first-order valence-corrected chi connectivity index (χ1v) is 7.67. The molecule has 17 heavy (non-hydrogen) atoms. The first kappa shape index (κ1) is 16.4. The van der Waals surface area contributed by atoms with Gasteiger partial charge in [-0.25, -0.2) is 8.42 Å². The highest BCUT2D eigenvalue weighted by Gasteiger charge is 2.23. The lowest BCUT2D eigenvalue weighted by Crippen LogP contribution is -2.41. The average molecular weight is 264 g/mol. The molecule has 1 unspecified atom stereocenters. The van der Waals surface area contributed by atoms with E-state index < -0.39 is 21.5 Å². The van der Waals surface area contributed by atoms with Crippen LogP contribution in [0.25, 0.3) is 0 Å². The largest absolute Gasteiger partial charge is 0.353 e. The van der Waals surface area contributed by atoms with Crippen molar-refractivity contribution in [3.63, 3.8) is 0 Å². The molecule has 102 valence electrons. The number of nitrogens with one attached hydrogen (secondary N) is 2. The molecule has 0 rings (SSSR count). The fourth-order valence-corrected chi connectivity index (χ4v) is 3.20. The van der Waals surface area contributed by atoms with Crippen molar-refractivity contribution in [1.29, 1.82) is 0 Å². The summed E-state index contributed by atoms with van der Waals surface area (Å²) < 4.78 is 23.6. The highest BCUT2D eigenvalue weighted by Crippen LogP contribution is 2.05. The summed E-state index contributed by atoms with van der Waals surface area (Å²) in [6, 6.07) is -0.158. The summed E-state index contributed by atoms with van der Waals surface area (Å²) in [6.07, 6.45) is 0. The van der Waals surface area contributed by atoms with Gasteiger partial charge < -0.3 is 10.6 Å². The SMILES string of the molecule is CNC(CS(=O)(=O)CC(=O)NC(C)C)C(C)C. The molecule has 0 fully saturated rings. The molecule has 1 amide bonds. The molecule has 0 aromatic carbocycles. The normalized spacial score (nSPS) is 14.1. The minimum Gasteiger partial charge on any atom is -0.353 e. The summed E-state index contributed by atoms with van der Waals surface area (Å²) in [6.45, 7) is 7.50. The van der Waals surface area contributed by atoms with E-state index >= 15 is 0 Å². The summed E-state index contributed by atoms with van der Waals surface area (Å²) >= 11 is 0. The zero-order valence-corrected chi connectivity index (χ0v) is 12.1. The Morgan fingerprint density at radius 2 is 1.71 bits per heavy atom. The first-order chi connectivity index (χ1) is 7.68. The van der Waals surface area contributed by atoms with Crippen LogP contribution in [0.3, 0.4) is 0 Å². The number of rotatable bonds is 7. The molecule has 0 radical (unpaired) electrons. The maximum absolute atomic E-state index is 11.8. The van der Waals surface area contributed by atoms with Gasteiger partial charge in [-0.2, -0.15) is 0 Å². The number of hydrogen-bond acceptors (Lipinski definition) is 4. The number of carbonyl (C=O) groups is 1. The van der Waals surface area contributed by atoms with Crippen molar-refractivity contribution < 1.29 is 13.2 Å². The molecule has 0 aliphatic carbocycles. The lowest BCUT2D eigenvalue weighted by Gasteiger charge is -2.20. The molecule has 1 atom stereocenters. The van der Waals surface area contributed by atoms with Crippen LogP contribution in [-0.2, 0) is 14.6 Å². The predicted octanol–water partition coefficient (Wildman–Crippen LogP) is 0.170. The van der Waals surface area contributed by atoms with Gasteiger partial charge in [-0.3, -0.25) is 4.79 Å². The van der Waals surface area contributed by atoms with Gasteiger partial charge in [0.05, 0.1) is 5.75 Å².